The molecule has 2 saturated heterocycles. The molecule has 0 saturated carbocycles. The SMILES string of the molecule is CCCNC1CC2CCCC(C1)N2CC(=O)OC. The van der Waals surface area contributed by atoms with E-state index in [0.29, 0.717) is 24.7 Å². The van der Waals surface area contributed by atoms with Gasteiger partial charge in [0.05, 0.1) is 13.7 Å². The topological polar surface area (TPSA) is 41.6 Å². The summed E-state index contributed by atoms with van der Waals surface area (Å²) in [5.74, 6) is -0.0909. The number of hydrogen-bond acceptors (Lipinski definition) is 4. The zero-order valence-electron chi connectivity index (χ0n) is 11.7. The molecule has 2 heterocycles. The van der Waals surface area contributed by atoms with Crippen LogP contribution >= 0.6 is 0 Å². The number of rotatable bonds is 5. The van der Waals surface area contributed by atoms with Gasteiger partial charge in [-0.2, -0.15) is 0 Å². The van der Waals surface area contributed by atoms with Crippen LogP contribution in [0.2, 0.25) is 0 Å². The summed E-state index contributed by atoms with van der Waals surface area (Å²) in [7, 11) is 1.48. The summed E-state index contributed by atoms with van der Waals surface area (Å²) in [6.45, 7) is 3.80. The Kier molecular flexibility index (Phi) is 5.01. The Labute approximate surface area is 110 Å². The van der Waals surface area contributed by atoms with E-state index in [4.69, 9.17) is 4.74 Å². The summed E-state index contributed by atoms with van der Waals surface area (Å²) in [5, 5.41) is 3.64. The molecule has 4 nitrogen and oxygen atoms in total. The van der Waals surface area contributed by atoms with Crippen LogP contribution in [0.1, 0.15) is 45.4 Å². The van der Waals surface area contributed by atoms with Gasteiger partial charge in [0, 0.05) is 18.1 Å². The molecule has 1 N–H and O–H groups in total. The van der Waals surface area contributed by atoms with Gasteiger partial charge in [0.2, 0.25) is 0 Å². The highest BCUT2D eigenvalue weighted by molar-refractivity contribution is 5.71. The minimum atomic E-state index is -0.0909. The summed E-state index contributed by atoms with van der Waals surface area (Å²) in [4.78, 5) is 13.9. The summed E-state index contributed by atoms with van der Waals surface area (Å²) < 4.78 is 4.81. The van der Waals surface area contributed by atoms with Crippen LogP contribution in [0.15, 0.2) is 0 Å². The van der Waals surface area contributed by atoms with Crippen molar-refractivity contribution in [2.45, 2.75) is 63.6 Å². The predicted molar refractivity (Wildman–Crippen MR) is 71.5 cm³/mol. The first-order chi connectivity index (χ1) is 8.74. The molecule has 0 aromatic rings. The van der Waals surface area contributed by atoms with E-state index < -0.39 is 0 Å². The van der Waals surface area contributed by atoms with E-state index in [1.165, 1.54) is 45.6 Å². The maximum Gasteiger partial charge on any atom is 0.319 e. The molecular formula is C14H26N2O2. The van der Waals surface area contributed by atoms with Crippen molar-refractivity contribution in [1.82, 2.24) is 10.2 Å². The van der Waals surface area contributed by atoms with E-state index in [-0.39, 0.29) is 5.97 Å². The molecule has 2 atom stereocenters. The summed E-state index contributed by atoms with van der Waals surface area (Å²) in [6.07, 6.45) is 7.35. The molecule has 2 fully saturated rings. The van der Waals surface area contributed by atoms with Gasteiger partial charge in [-0.1, -0.05) is 13.3 Å². The second-order valence-corrected chi connectivity index (χ2v) is 5.61. The fourth-order valence-electron chi connectivity index (χ4n) is 3.47. The normalized spacial score (nSPS) is 32.2. The number of ether oxygens (including phenoxy) is 1. The quantitative estimate of drug-likeness (QED) is 0.756. The molecule has 4 heteroatoms. The average molecular weight is 254 g/mol. The monoisotopic (exact) mass is 254 g/mol. The van der Waals surface area contributed by atoms with Crippen LogP contribution in [0.3, 0.4) is 0 Å². The Hall–Kier alpha value is -0.610. The lowest BCUT2D eigenvalue weighted by molar-refractivity contribution is -0.145. The number of esters is 1. The Morgan fingerprint density at radius 3 is 2.56 bits per heavy atom. The molecule has 2 rings (SSSR count). The maximum atomic E-state index is 11.5. The fourth-order valence-corrected chi connectivity index (χ4v) is 3.47. The van der Waals surface area contributed by atoms with Crippen molar-refractivity contribution in [3.8, 4) is 0 Å². The van der Waals surface area contributed by atoms with Crippen molar-refractivity contribution in [3.05, 3.63) is 0 Å². The van der Waals surface area contributed by atoms with Gasteiger partial charge in [-0.05, 0) is 38.6 Å². The number of nitrogens with one attached hydrogen (secondary N) is 1. The zero-order valence-corrected chi connectivity index (χ0v) is 11.7. The van der Waals surface area contributed by atoms with Crippen molar-refractivity contribution >= 4 is 5.97 Å². The predicted octanol–water partition coefficient (Wildman–Crippen LogP) is 1.54. The number of methoxy groups -OCH3 is 1. The Balaban J connectivity index is 1.92. The Morgan fingerprint density at radius 1 is 1.33 bits per heavy atom. The second kappa shape index (κ2) is 6.53. The standard InChI is InChI=1S/C14H26N2O2/c1-3-7-15-11-8-12-5-4-6-13(9-11)16(12)10-14(17)18-2/h11-13,15H,3-10H2,1-2H3. The van der Waals surface area contributed by atoms with Gasteiger partial charge in [0.1, 0.15) is 0 Å². The van der Waals surface area contributed by atoms with Gasteiger partial charge in [0.25, 0.3) is 0 Å². The van der Waals surface area contributed by atoms with Crippen LogP contribution < -0.4 is 5.32 Å². The molecule has 0 amide bonds. The van der Waals surface area contributed by atoms with E-state index in [0.717, 1.165) is 6.54 Å². The second-order valence-electron chi connectivity index (χ2n) is 5.61. The van der Waals surface area contributed by atoms with Crippen molar-refractivity contribution < 1.29 is 9.53 Å². The summed E-state index contributed by atoms with van der Waals surface area (Å²) in [5.41, 5.74) is 0. The van der Waals surface area contributed by atoms with Crippen LogP contribution in [-0.4, -0.2) is 49.2 Å². The minimum absolute atomic E-state index is 0.0909. The van der Waals surface area contributed by atoms with E-state index >= 15 is 0 Å². The van der Waals surface area contributed by atoms with Crippen LogP contribution in [0, 0.1) is 0 Å². The first kappa shape index (κ1) is 13.8. The number of carbonyl (C=O) groups excluding carboxylic acids is 1. The van der Waals surface area contributed by atoms with Gasteiger partial charge in [0.15, 0.2) is 0 Å². The largest absolute Gasteiger partial charge is 0.468 e. The van der Waals surface area contributed by atoms with Gasteiger partial charge < -0.3 is 10.1 Å². The molecule has 0 aromatic carbocycles. The third-order valence-corrected chi connectivity index (χ3v) is 4.35. The number of fused-ring (bicyclic) bond motifs is 2. The van der Waals surface area contributed by atoms with Crippen LogP contribution in [0.4, 0.5) is 0 Å². The number of hydrogen-bond donors (Lipinski definition) is 1. The lowest BCUT2D eigenvalue weighted by atomic mass is 9.81. The van der Waals surface area contributed by atoms with Crippen LogP contribution in [0.5, 0.6) is 0 Å². The molecule has 2 aliphatic heterocycles. The molecular weight excluding hydrogens is 228 g/mol. The molecule has 0 radical (unpaired) electrons. The Bertz CT molecular complexity index is 269. The molecule has 0 spiro atoms. The first-order valence-electron chi connectivity index (χ1n) is 7.30. The van der Waals surface area contributed by atoms with Gasteiger partial charge >= 0.3 is 5.97 Å². The van der Waals surface area contributed by atoms with Crippen molar-refractivity contribution in [1.29, 1.82) is 0 Å². The molecule has 2 aliphatic rings. The lowest BCUT2D eigenvalue weighted by Gasteiger charge is -2.48. The van der Waals surface area contributed by atoms with Crippen molar-refractivity contribution in [2.24, 2.45) is 0 Å². The highest BCUT2D eigenvalue weighted by Crippen LogP contribution is 2.33. The third-order valence-electron chi connectivity index (χ3n) is 4.35. The smallest absolute Gasteiger partial charge is 0.319 e. The highest BCUT2D eigenvalue weighted by atomic mass is 16.5. The van der Waals surface area contributed by atoms with E-state index in [9.17, 15) is 4.79 Å². The van der Waals surface area contributed by atoms with Gasteiger partial charge in [-0.25, -0.2) is 0 Å². The highest BCUT2D eigenvalue weighted by Gasteiger charge is 2.38. The number of nitrogens with zero attached hydrogens (tertiary/aromatic N) is 1. The van der Waals surface area contributed by atoms with E-state index in [1.807, 2.05) is 0 Å². The van der Waals surface area contributed by atoms with Crippen molar-refractivity contribution in [2.75, 3.05) is 20.2 Å². The van der Waals surface area contributed by atoms with E-state index in [2.05, 4.69) is 17.1 Å². The van der Waals surface area contributed by atoms with Crippen LogP contribution in [0.25, 0.3) is 0 Å². The van der Waals surface area contributed by atoms with Gasteiger partial charge in [-0.15, -0.1) is 0 Å². The Morgan fingerprint density at radius 2 is 2.00 bits per heavy atom. The first-order valence-corrected chi connectivity index (χ1v) is 7.30. The average Bonchev–Trinajstić information content (AvgIpc) is 2.36. The molecule has 2 bridgehead atoms. The molecule has 104 valence electrons. The molecule has 18 heavy (non-hydrogen) atoms. The lowest BCUT2D eigenvalue weighted by Crippen LogP contribution is -2.57. The van der Waals surface area contributed by atoms with Crippen LogP contribution in [-0.2, 0) is 9.53 Å². The fraction of sp³-hybridized carbons (Fsp3) is 0.929. The maximum absolute atomic E-state index is 11.5. The molecule has 2 unspecified atom stereocenters. The number of carbonyl (C=O) groups is 1. The van der Waals surface area contributed by atoms with E-state index in [1.54, 1.807) is 0 Å². The zero-order chi connectivity index (χ0) is 13.0. The molecule has 0 aromatic heterocycles. The number of piperidine rings is 2. The van der Waals surface area contributed by atoms with Crippen molar-refractivity contribution in [3.63, 3.8) is 0 Å². The molecule has 0 aliphatic carbocycles. The minimum Gasteiger partial charge on any atom is -0.468 e. The van der Waals surface area contributed by atoms with Gasteiger partial charge in [-0.3, -0.25) is 9.69 Å². The third kappa shape index (κ3) is 3.23. The summed E-state index contributed by atoms with van der Waals surface area (Å²) >= 11 is 0. The summed E-state index contributed by atoms with van der Waals surface area (Å²) in [6, 6.07) is 1.80.